The molecule has 1 aromatic heterocycles. The molecule has 0 aliphatic heterocycles. The quantitative estimate of drug-likeness (QED) is 0.339. The first-order valence-electron chi connectivity index (χ1n) is 9.46. The predicted molar refractivity (Wildman–Crippen MR) is 117 cm³/mol. The molecule has 0 amide bonds. The number of ether oxygens (including phenoxy) is 1. The second kappa shape index (κ2) is 7.32. The lowest BCUT2D eigenvalue weighted by molar-refractivity contribution is 0.400. The molecule has 0 unspecified atom stereocenters. The summed E-state index contributed by atoms with van der Waals surface area (Å²) in [4.78, 5) is 13.3. The normalized spacial score (nSPS) is 12.3. The zero-order chi connectivity index (χ0) is 21.5. The Labute approximate surface area is 169 Å². The van der Waals surface area contributed by atoms with Gasteiger partial charge in [-0.15, -0.1) is 6.58 Å². The highest BCUT2D eigenvalue weighted by Gasteiger charge is 2.26. The number of hydrogen-bond acceptors (Lipinski definition) is 5. The molecule has 3 rings (SSSR count). The van der Waals surface area contributed by atoms with Crippen LogP contribution in [-0.4, -0.2) is 17.3 Å². The SMILES string of the molecule is C=CC(C)(C)c1cc2c(=O)c3cc(O)c(O)cc3oc2c(C=CC(C)C)c1OC. The lowest BCUT2D eigenvalue weighted by atomic mass is 9.82. The van der Waals surface area contributed by atoms with Gasteiger partial charge < -0.3 is 19.4 Å². The summed E-state index contributed by atoms with van der Waals surface area (Å²) in [5.41, 5.74) is 1.26. The van der Waals surface area contributed by atoms with E-state index in [-0.39, 0.29) is 33.8 Å². The number of fused-ring (bicyclic) bond motifs is 2. The van der Waals surface area contributed by atoms with Crippen LogP contribution in [0, 0.1) is 5.92 Å². The van der Waals surface area contributed by atoms with Gasteiger partial charge in [-0.2, -0.15) is 0 Å². The van der Waals surface area contributed by atoms with Crippen LogP contribution in [0.25, 0.3) is 28.0 Å². The largest absolute Gasteiger partial charge is 0.504 e. The average Bonchev–Trinajstić information content (AvgIpc) is 2.67. The Bertz CT molecular complexity index is 1200. The van der Waals surface area contributed by atoms with Crippen molar-refractivity contribution in [1.82, 2.24) is 0 Å². The van der Waals surface area contributed by atoms with Crippen molar-refractivity contribution in [2.75, 3.05) is 7.11 Å². The molecule has 0 atom stereocenters. The van der Waals surface area contributed by atoms with E-state index in [1.807, 2.05) is 26.0 Å². The summed E-state index contributed by atoms with van der Waals surface area (Å²) in [5.74, 6) is 0.156. The minimum absolute atomic E-state index is 0.190. The van der Waals surface area contributed by atoms with Gasteiger partial charge >= 0.3 is 0 Å². The van der Waals surface area contributed by atoms with Crippen molar-refractivity contribution in [3.8, 4) is 17.2 Å². The Morgan fingerprint density at radius 1 is 1.14 bits per heavy atom. The number of phenolic OH excluding ortho intramolecular Hbond substituents is 2. The van der Waals surface area contributed by atoms with E-state index in [0.717, 1.165) is 5.56 Å². The third-order valence-corrected chi connectivity index (χ3v) is 5.10. The maximum Gasteiger partial charge on any atom is 0.200 e. The van der Waals surface area contributed by atoms with Crippen molar-refractivity contribution >= 4 is 28.0 Å². The zero-order valence-corrected chi connectivity index (χ0v) is 17.4. The number of methoxy groups -OCH3 is 1. The molecule has 0 aliphatic rings. The van der Waals surface area contributed by atoms with Gasteiger partial charge in [-0.25, -0.2) is 0 Å². The first-order valence-corrected chi connectivity index (χ1v) is 9.46. The van der Waals surface area contributed by atoms with E-state index >= 15 is 0 Å². The van der Waals surface area contributed by atoms with E-state index < -0.39 is 5.41 Å². The molecule has 0 aliphatic carbocycles. The second-order valence-electron chi connectivity index (χ2n) is 8.04. The minimum atomic E-state index is -0.460. The van der Waals surface area contributed by atoms with Crippen LogP contribution in [0.5, 0.6) is 17.2 Å². The van der Waals surface area contributed by atoms with Crippen LogP contribution in [0.2, 0.25) is 0 Å². The molecule has 2 N–H and O–H groups in total. The Balaban J connectivity index is 2.58. The summed E-state index contributed by atoms with van der Waals surface area (Å²) in [6.45, 7) is 12.0. The van der Waals surface area contributed by atoms with E-state index in [9.17, 15) is 15.0 Å². The third-order valence-electron chi connectivity index (χ3n) is 5.10. The summed E-state index contributed by atoms with van der Waals surface area (Å²) in [7, 11) is 1.58. The van der Waals surface area contributed by atoms with Gasteiger partial charge in [-0.1, -0.05) is 45.9 Å². The number of allylic oxidation sites excluding steroid dienone is 2. The standard InChI is InChI=1S/C24H26O5/c1-7-24(4,5)17-10-16-21(27)15-11-18(25)19(26)12-20(15)29-22(16)14(23(17)28-6)9-8-13(2)3/h7-13,25-26H,1H2,2-6H3. The lowest BCUT2D eigenvalue weighted by Gasteiger charge is -2.25. The second-order valence-corrected chi connectivity index (χ2v) is 8.04. The molecule has 2 aromatic carbocycles. The molecule has 0 saturated carbocycles. The molecule has 152 valence electrons. The first kappa shape index (κ1) is 20.5. The number of phenols is 2. The summed E-state index contributed by atoms with van der Waals surface area (Å²) in [6, 6.07) is 4.23. The highest BCUT2D eigenvalue weighted by molar-refractivity contribution is 5.97. The number of benzene rings is 2. The maximum absolute atomic E-state index is 13.3. The lowest BCUT2D eigenvalue weighted by Crippen LogP contribution is -2.16. The predicted octanol–water partition coefficient (Wildman–Crippen LogP) is 5.50. The minimum Gasteiger partial charge on any atom is -0.504 e. The Hall–Kier alpha value is -3.21. The van der Waals surface area contributed by atoms with Gasteiger partial charge in [0.2, 0.25) is 5.43 Å². The topological polar surface area (TPSA) is 79.9 Å². The molecule has 3 aromatic rings. The van der Waals surface area contributed by atoms with Crippen molar-refractivity contribution in [2.24, 2.45) is 5.92 Å². The number of aromatic hydroxyl groups is 2. The molecule has 5 nitrogen and oxygen atoms in total. The van der Waals surface area contributed by atoms with Gasteiger partial charge in [0.1, 0.15) is 16.9 Å². The van der Waals surface area contributed by atoms with Gasteiger partial charge in [-0.3, -0.25) is 4.79 Å². The maximum atomic E-state index is 13.3. The van der Waals surface area contributed by atoms with Crippen molar-refractivity contribution in [3.63, 3.8) is 0 Å². The molecule has 0 bridgehead atoms. The van der Waals surface area contributed by atoms with Crippen molar-refractivity contribution < 1.29 is 19.4 Å². The van der Waals surface area contributed by atoms with Gasteiger partial charge in [0.25, 0.3) is 0 Å². The fourth-order valence-electron chi connectivity index (χ4n) is 3.27. The van der Waals surface area contributed by atoms with Crippen molar-refractivity contribution in [2.45, 2.75) is 33.1 Å². The monoisotopic (exact) mass is 394 g/mol. The first-order chi connectivity index (χ1) is 13.6. The van der Waals surface area contributed by atoms with Crippen LogP contribution >= 0.6 is 0 Å². The molecule has 0 saturated heterocycles. The number of hydrogen-bond donors (Lipinski definition) is 2. The highest BCUT2D eigenvalue weighted by Crippen LogP contribution is 2.41. The van der Waals surface area contributed by atoms with Crippen molar-refractivity contribution in [3.05, 3.63) is 58.3 Å². The molecular formula is C24H26O5. The Morgan fingerprint density at radius 3 is 2.38 bits per heavy atom. The van der Waals surface area contributed by atoms with E-state index in [1.165, 1.54) is 12.1 Å². The van der Waals surface area contributed by atoms with Crippen LogP contribution < -0.4 is 10.2 Å². The van der Waals surface area contributed by atoms with Crippen molar-refractivity contribution in [1.29, 1.82) is 0 Å². The Morgan fingerprint density at radius 2 is 1.79 bits per heavy atom. The fraction of sp³-hybridized carbons (Fsp3) is 0.292. The fourth-order valence-corrected chi connectivity index (χ4v) is 3.27. The van der Waals surface area contributed by atoms with Crippen LogP contribution in [0.15, 0.2) is 46.1 Å². The summed E-state index contributed by atoms with van der Waals surface area (Å²) >= 11 is 0. The van der Waals surface area contributed by atoms with Crippen LogP contribution in [0.3, 0.4) is 0 Å². The van der Waals surface area contributed by atoms with Gasteiger partial charge in [0.15, 0.2) is 11.5 Å². The van der Waals surface area contributed by atoms with Gasteiger partial charge in [0, 0.05) is 17.0 Å². The van der Waals surface area contributed by atoms with Crippen LogP contribution in [0.4, 0.5) is 0 Å². The molecule has 29 heavy (non-hydrogen) atoms. The summed E-state index contributed by atoms with van der Waals surface area (Å²) < 4.78 is 11.8. The molecule has 0 radical (unpaired) electrons. The smallest absolute Gasteiger partial charge is 0.200 e. The average molecular weight is 394 g/mol. The molecule has 1 heterocycles. The van der Waals surface area contributed by atoms with E-state index in [4.69, 9.17) is 9.15 Å². The van der Waals surface area contributed by atoms with E-state index in [2.05, 4.69) is 20.4 Å². The van der Waals surface area contributed by atoms with Crippen LogP contribution in [-0.2, 0) is 5.41 Å². The van der Waals surface area contributed by atoms with Gasteiger partial charge in [0.05, 0.1) is 23.4 Å². The van der Waals surface area contributed by atoms with Crippen LogP contribution in [0.1, 0.15) is 38.8 Å². The van der Waals surface area contributed by atoms with Gasteiger partial charge in [-0.05, 0) is 18.1 Å². The Kier molecular flexibility index (Phi) is 5.18. The highest BCUT2D eigenvalue weighted by atomic mass is 16.5. The number of rotatable bonds is 5. The molecule has 0 spiro atoms. The summed E-state index contributed by atoms with van der Waals surface area (Å²) in [6.07, 6.45) is 5.70. The van der Waals surface area contributed by atoms with E-state index in [0.29, 0.717) is 22.3 Å². The zero-order valence-electron chi connectivity index (χ0n) is 17.4. The molecule has 5 heteroatoms. The summed E-state index contributed by atoms with van der Waals surface area (Å²) in [5, 5.41) is 20.3. The van der Waals surface area contributed by atoms with E-state index in [1.54, 1.807) is 19.3 Å². The molecular weight excluding hydrogens is 368 g/mol. The third kappa shape index (κ3) is 3.48. The molecule has 0 fully saturated rings.